The van der Waals surface area contributed by atoms with E-state index < -0.39 is 18.2 Å². The van der Waals surface area contributed by atoms with Gasteiger partial charge in [0.25, 0.3) is 0 Å². The van der Waals surface area contributed by atoms with Crippen LogP contribution in [0.15, 0.2) is 24.3 Å². The van der Waals surface area contributed by atoms with Crippen molar-refractivity contribution in [2.75, 3.05) is 38.2 Å². The maximum Gasteiger partial charge on any atom is 0.322 e. The Balaban J connectivity index is 1.69. The third kappa shape index (κ3) is 4.10. The van der Waals surface area contributed by atoms with Crippen molar-refractivity contribution >= 4 is 17.6 Å². The Kier molecular flexibility index (Phi) is 5.53. The molecule has 1 aromatic rings. The number of morpholine rings is 1. The Morgan fingerprint density at radius 3 is 2.80 bits per heavy atom. The van der Waals surface area contributed by atoms with Crippen LogP contribution in [0.5, 0.6) is 0 Å². The molecule has 0 unspecified atom stereocenters. The average Bonchev–Trinajstić information content (AvgIpc) is 3.04. The zero-order chi connectivity index (χ0) is 17.8. The van der Waals surface area contributed by atoms with Crippen LogP contribution in [0.2, 0.25) is 0 Å². The predicted molar refractivity (Wildman–Crippen MR) is 92.2 cm³/mol. The highest BCUT2D eigenvalue weighted by molar-refractivity contribution is 5.94. The molecule has 1 aromatic carbocycles. The third-order valence-electron chi connectivity index (χ3n) is 4.71. The zero-order valence-electron chi connectivity index (χ0n) is 14.4. The summed E-state index contributed by atoms with van der Waals surface area (Å²) < 4.78 is 19.2. The molecule has 1 N–H and O–H groups in total. The average molecular weight is 349 g/mol. The van der Waals surface area contributed by atoms with Crippen molar-refractivity contribution in [3.63, 3.8) is 0 Å². The Bertz CT molecular complexity index is 634. The van der Waals surface area contributed by atoms with Gasteiger partial charge in [0.1, 0.15) is 12.2 Å². The number of anilines is 1. The lowest BCUT2D eigenvalue weighted by atomic mass is 10.1. The molecule has 6 nitrogen and oxygen atoms in total. The summed E-state index contributed by atoms with van der Waals surface area (Å²) in [6.45, 7) is 3.91. The number of carbonyl (C=O) groups is 2. The van der Waals surface area contributed by atoms with E-state index in [4.69, 9.17) is 4.74 Å². The number of amides is 3. The topological polar surface area (TPSA) is 61.9 Å². The van der Waals surface area contributed by atoms with E-state index >= 15 is 0 Å². The van der Waals surface area contributed by atoms with E-state index in [1.807, 2.05) is 25.1 Å². The molecule has 2 atom stereocenters. The van der Waals surface area contributed by atoms with Crippen LogP contribution in [0.3, 0.4) is 0 Å². The van der Waals surface area contributed by atoms with Crippen LogP contribution >= 0.6 is 0 Å². The van der Waals surface area contributed by atoms with Crippen LogP contribution in [0.25, 0.3) is 0 Å². The maximum atomic E-state index is 14.0. The van der Waals surface area contributed by atoms with Crippen molar-refractivity contribution in [2.24, 2.45) is 0 Å². The molecule has 2 aliphatic rings. The Morgan fingerprint density at radius 2 is 2.08 bits per heavy atom. The fourth-order valence-electron chi connectivity index (χ4n) is 3.30. The SMILES string of the molecule is CCc1cccc(NC(=O)N2C[C@@H](F)C[C@H]2C(=O)N2CCOCC2)c1. The Labute approximate surface area is 146 Å². The Morgan fingerprint density at radius 1 is 1.32 bits per heavy atom. The highest BCUT2D eigenvalue weighted by Gasteiger charge is 2.41. The van der Waals surface area contributed by atoms with Crippen LogP contribution in [0, 0.1) is 0 Å². The largest absolute Gasteiger partial charge is 0.378 e. The molecular formula is C18H24FN3O3. The monoisotopic (exact) mass is 349 g/mol. The first-order valence-corrected chi connectivity index (χ1v) is 8.75. The summed E-state index contributed by atoms with van der Waals surface area (Å²) in [5.41, 5.74) is 1.76. The highest BCUT2D eigenvalue weighted by atomic mass is 19.1. The predicted octanol–water partition coefficient (Wildman–Crippen LogP) is 2.05. The number of urea groups is 1. The number of alkyl halides is 1. The molecule has 7 heteroatoms. The highest BCUT2D eigenvalue weighted by Crippen LogP contribution is 2.24. The molecule has 2 heterocycles. The van der Waals surface area contributed by atoms with Crippen molar-refractivity contribution in [3.05, 3.63) is 29.8 Å². The molecule has 2 fully saturated rings. The lowest BCUT2D eigenvalue weighted by Crippen LogP contribution is -2.51. The number of rotatable bonds is 3. The van der Waals surface area contributed by atoms with Gasteiger partial charge in [0.05, 0.1) is 19.8 Å². The number of hydrogen-bond acceptors (Lipinski definition) is 3. The molecule has 0 aliphatic carbocycles. The number of nitrogens with zero attached hydrogens (tertiary/aromatic N) is 2. The second-order valence-electron chi connectivity index (χ2n) is 6.42. The first kappa shape index (κ1) is 17.7. The molecular weight excluding hydrogens is 325 g/mol. The van der Waals surface area contributed by atoms with Gasteiger partial charge in [0.2, 0.25) is 5.91 Å². The number of hydrogen-bond donors (Lipinski definition) is 1. The summed E-state index contributed by atoms with van der Waals surface area (Å²) in [5.74, 6) is -0.194. The van der Waals surface area contributed by atoms with Crippen molar-refractivity contribution < 1.29 is 18.7 Å². The fourth-order valence-corrected chi connectivity index (χ4v) is 3.30. The van der Waals surface area contributed by atoms with Crippen LogP contribution in [-0.2, 0) is 16.0 Å². The van der Waals surface area contributed by atoms with Gasteiger partial charge in [0.15, 0.2) is 0 Å². The van der Waals surface area contributed by atoms with E-state index in [1.165, 1.54) is 4.90 Å². The van der Waals surface area contributed by atoms with Gasteiger partial charge >= 0.3 is 6.03 Å². The molecule has 2 aliphatic heterocycles. The van der Waals surface area contributed by atoms with E-state index in [9.17, 15) is 14.0 Å². The van der Waals surface area contributed by atoms with Crippen molar-refractivity contribution in [1.29, 1.82) is 0 Å². The van der Waals surface area contributed by atoms with E-state index in [0.717, 1.165) is 12.0 Å². The van der Waals surface area contributed by atoms with Crippen molar-refractivity contribution in [1.82, 2.24) is 9.80 Å². The molecule has 3 rings (SSSR count). The van der Waals surface area contributed by atoms with Gasteiger partial charge in [-0.05, 0) is 24.1 Å². The zero-order valence-corrected chi connectivity index (χ0v) is 14.4. The summed E-state index contributed by atoms with van der Waals surface area (Å²) in [5, 5.41) is 2.79. The number of carbonyl (C=O) groups excluding carboxylic acids is 2. The van der Waals surface area contributed by atoms with Crippen LogP contribution in [-0.4, -0.2) is 66.8 Å². The standard InChI is InChI=1S/C18H24FN3O3/c1-2-13-4-3-5-15(10-13)20-18(24)22-12-14(19)11-16(22)17(23)21-6-8-25-9-7-21/h3-5,10,14,16H,2,6-9,11-12H2,1H3,(H,20,24)/t14-,16-/m0/s1. The van der Waals surface area contributed by atoms with Crippen molar-refractivity contribution in [3.8, 4) is 0 Å². The van der Waals surface area contributed by atoms with Gasteiger partial charge in [-0.25, -0.2) is 9.18 Å². The van der Waals surface area contributed by atoms with Crippen LogP contribution in [0.1, 0.15) is 18.9 Å². The van der Waals surface area contributed by atoms with E-state index in [2.05, 4.69) is 5.32 Å². The first-order chi connectivity index (χ1) is 12.1. The van der Waals surface area contributed by atoms with E-state index in [0.29, 0.717) is 32.0 Å². The van der Waals surface area contributed by atoms with Gasteiger partial charge in [-0.15, -0.1) is 0 Å². The Hall–Kier alpha value is -2.15. The number of likely N-dealkylation sites (tertiary alicyclic amines) is 1. The number of ether oxygens (including phenoxy) is 1. The summed E-state index contributed by atoms with van der Waals surface area (Å²) in [6, 6.07) is 6.35. The minimum atomic E-state index is -1.18. The molecule has 25 heavy (non-hydrogen) atoms. The molecule has 3 amide bonds. The van der Waals surface area contributed by atoms with E-state index in [-0.39, 0.29) is 18.9 Å². The normalized spacial score (nSPS) is 23.6. The number of halogens is 1. The quantitative estimate of drug-likeness (QED) is 0.909. The molecule has 136 valence electrons. The lowest BCUT2D eigenvalue weighted by Gasteiger charge is -2.32. The van der Waals surface area contributed by atoms with Gasteiger partial charge in [-0.3, -0.25) is 4.79 Å². The molecule has 0 spiro atoms. The summed E-state index contributed by atoms with van der Waals surface area (Å²) in [4.78, 5) is 28.3. The summed E-state index contributed by atoms with van der Waals surface area (Å²) in [7, 11) is 0. The third-order valence-corrected chi connectivity index (χ3v) is 4.71. The number of aryl methyl sites for hydroxylation is 1. The second kappa shape index (κ2) is 7.82. The first-order valence-electron chi connectivity index (χ1n) is 8.75. The smallest absolute Gasteiger partial charge is 0.322 e. The number of nitrogens with one attached hydrogen (secondary N) is 1. The summed E-state index contributed by atoms with van der Waals surface area (Å²) >= 11 is 0. The molecule has 0 bridgehead atoms. The van der Waals surface area contributed by atoms with Gasteiger partial charge in [-0.1, -0.05) is 19.1 Å². The van der Waals surface area contributed by atoms with Crippen LogP contribution < -0.4 is 5.32 Å². The summed E-state index contributed by atoms with van der Waals surface area (Å²) in [6.07, 6.45) is -0.265. The van der Waals surface area contributed by atoms with Gasteiger partial charge in [0, 0.05) is 25.2 Å². The molecule has 0 saturated carbocycles. The van der Waals surface area contributed by atoms with Gasteiger partial charge < -0.3 is 19.9 Å². The maximum absolute atomic E-state index is 14.0. The molecule has 0 aromatic heterocycles. The minimum absolute atomic E-state index is 0.0542. The molecule has 0 radical (unpaired) electrons. The van der Waals surface area contributed by atoms with Crippen molar-refractivity contribution in [2.45, 2.75) is 32.0 Å². The molecule has 2 saturated heterocycles. The minimum Gasteiger partial charge on any atom is -0.378 e. The number of benzene rings is 1. The second-order valence-corrected chi connectivity index (χ2v) is 6.42. The lowest BCUT2D eigenvalue weighted by molar-refractivity contribution is -0.139. The fraction of sp³-hybridized carbons (Fsp3) is 0.556. The van der Waals surface area contributed by atoms with Crippen LogP contribution in [0.4, 0.5) is 14.9 Å². The van der Waals surface area contributed by atoms with Gasteiger partial charge in [-0.2, -0.15) is 0 Å². The van der Waals surface area contributed by atoms with E-state index in [1.54, 1.807) is 11.0 Å².